The Balaban J connectivity index is 1.50. The number of rotatable bonds is 4. The number of anilines is 1. The van der Waals surface area contributed by atoms with E-state index in [1.165, 1.54) is 0 Å². The molecule has 3 rings (SSSR count). The van der Waals surface area contributed by atoms with Crippen molar-refractivity contribution in [2.75, 3.05) is 31.6 Å². The molecule has 0 radical (unpaired) electrons. The van der Waals surface area contributed by atoms with Crippen LogP contribution >= 0.6 is 0 Å². The number of carbonyl (C=O) groups excluding carboxylic acids is 1. The summed E-state index contributed by atoms with van der Waals surface area (Å²) in [5.41, 5.74) is 1.12. The van der Waals surface area contributed by atoms with Crippen LogP contribution in [0.3, 0.4) is 0 Å². The molecule has 0 spiro atoms. The molecule has 0 aromatic carbocycles. The standard InChI is InChI=1S/C18H31N5O2/c1-21-12-17(10-19-21)23-9-3-4-15(11-23)20-18(25)22(2)16-7-5-14(13-24)6-8-16/h10,12,14-16,24H,3-9,11,13H2,1-2H3,(H,20,25). The van der Waals surface area contributed by atoms with Crippen molar-refractivity contribution in [2.45, 2.75) is 50.6 Å². The molecule has 2 heterocycles. The van der Waals surface area contributed by atoms with Crippen LogP contribution < -0.4 is 10.2 Å². The number of nitrogens with zero attached hydrogens (tertiary/aromatic N) is 4. The third kappa shape index (κ3) is 4.45. The van der Waals surface area contributed by atoms with E-state index in [0.717, 1.165) is 57.3 Å². The van der Waals surface area contributed by atoms with Gasteiger partial charge in [0, 0.05) is 52.1 Å². The molecule has 1 aromatic heterocycles. The smallest absolute Gasteiger partial charge is 0.317 e. The van der Waals surface area contributed by atoms with Crippen molar-refractivity contribution in [3.05, 3.63) is 12.4 Å². The van der Waals surface area contributed by atoms with E-state index < -0.39 is 0 Å². The van der Waals surface area contributed by atoms with Crippen LogP contribution in [-0.4, -0.2) is 64.6 Å². The van der Waals surface area contributed by atoms with Crippen molar-refractivity contribution in [2.24, 2.45) is 13.0 Å². The van der Waals surface area contributed by atoms with Gasteiger partial charge in [0.1, 0.15) is 0 Å². The van der Waals surface area contributed by atoms with Crippen LogP contribution in [0.4, 0.5) is 10.5 Å². The first-order valence-corrected chi connectivity index (χ1v) is 9.44. The molecule has 1 saturated carbocycles. The highest BCUT2D eigenvalue weighted by Crippen LogP contribution is 2.27. The van der Waals surface area contributed by atoms with Crippen LogP contribution in [0.2, 0.25) is 0 Å². The maximum absolute atomic E-state index is 12.6. The average Bonchev–Trinajstić information content (AvgIpc) is 3.08. The Morgan fingerprint density at radius 2 is 2.12 bits per heavy atom. The average molecular weight is 349 g/mol. The van der Waals surface area contributed by atoms with Crippen molar-refractivity contribution in [1.29, 1.82) is 0 Å². The fourth-order valence-corrected chi connectivity index (χ4v) is 4.06. The molecular formula is C18H31N5O2. The summed E-state index contributed by atoms with van der Waals surface area (Å²) in [6.45, 7) is 2.12. The number of nitrogens with one attached hydrogen (secondary N) is 1. The lowest BCUT2D eigenvalue weighted by atomic mass is 9.86. The molecule has 25 heavy (non-hydrogen) atoms. The Hall–Kier alpha value is -1.76. The van der Waals surface area contributed by atoms with Crippen LogP contribution in [0.1, 0.15) is 38.5 Å². The summed E-state index contributed by atoms with van der Waals surface area (Å²) in [6, 6.07) is 0.504. The number of aryl methyl sites for hydroxylation is 1. The van der Waals surface area contributed by atoms with Gasteiger partial charge in [0.2, 0.25) is 0 Å². The highest BCUT2D eigenvalue weighted by Gasteiger charge is 2.28. The molecule has 1 aliphatic carbocycles. The van der Waals surface area contributed by atoms with Crippen LogP contribution in [0.25, 0.3) is 0 Å². The van der Waals surface area contributed by atoms with Crippen LogP contribution in [0.5, 0.6) is 0 Å². The molecule has 140 valence electrons. The number of hydrogen-bond acceptors (Lipinski definition) is 4. The first-order chi connectivity index (χ1) is 12.1. The van der Waals surface area contributed by atoms with Crippen LogP contribution in [-0.2, 0) is 7.05 Å². The van der Waals surface area contributed by atoms with E-state index in [1.54, 1.807) is 0 Å². The number of carbonyl (C=O) groups is 1. The van der Waals surface area contributed by atoms with Gasteiger partial charge in [-0.1, -0.05) is 0 Å². The molecular weight excluding hydrogens is 318 g/mol. The molecule has 1 saturated heterocycles. The zero-order chi connectivity index (χ0) is 17.8. The lowest BCUT2D eigenvalue weighted by Gasteiger charge is -2.37. The van der Waals surface area contributed by atoms with Crippen molar-refractivity contribution in [1.82, 2.24) is 20.0 Å². The van der Waals surface area contributed by atoms with Gasteiger partial charge in [0.05, 0.1) is 11.9 Å². The van der Waals surface area contributed by atoms with Crippen LogP contribution in [0, 0.1) is 5.92 Å². The van der Waals surface area contributed by atoms with E-state index in [1.807, 2.05) is 36.1 Å². The minimum absolute atomic E-state index is 0.0329. The third-order valence-corrected chi connectivity index (χ3v) is 5.75. The number of hydrogen-bond donors (Lipinski definition) is 2. The molecule has 1 aromatic rings. The van der Waals surface area contributed by atoms with Gasteiger partial charge < -0.3 is 20.2 Å². The molecule has 1 aliphatic heterocycles. The fourth-order valence-electron chi connectivity index (χ4n) is 4.06. The number of piperidine rings is 1. The van der Waals surface area contributed by atoms with E-state index in [4.69, 9.17) is 0 Å². The summed E-state index contributed by atoms with van der Waals surface area (Å²) in [7, 11) is 3.83. The number of urea groups is 1. The number of aliphatic hydroxyl groups excluding tert-OH is 1. The zero-order valence-electron chi connectivity index (χ0n) is 15.4. The number of amides is 2. The van der Waals surface area contributed by atoms with Crippen molar-refractivity contribution >= 4 is 11.7 Å². The predicted molar refractivity (Wildman–Crippen MR) is 97.6 cm³/mol. The Morgan fingerprint density at radius 1 is 1.36 bits per heavy atom. The van der Waals surface area contributed by atoms with Gasteiger partial charge in [0.15, 0.2) is 0 Å². The highest BCUT2D eigenvalue weighted by molar-refractivity contribution is 5.74. The third-order valence-electron chi connectivity index (χ3n) is 5.75. The van der Waals surface area contributed by atoms with Crippen molar-refractivity contribution in [3.63, 3.8) is 0 Å². The van der Waals surface area contributed by atoms with E-state index >= 15 is 0 Å². The topological polar surface area (TPSA) is 73.6 Å². The van der Waals surface area contributed by atoms with Gasteiger partial charge in [0.25, 0.3) is 0 Å². The second-order valence-electron chi connectivity index (χ2n) is 7.57. The predicted octanol–water partition coefficient (Wildman–Crippen LogP) is 1.58. The highest BCUT2D eigenvalue weighted by atomic mass is 16.3. The molecule has 2 fully saturated rings. The molecule has 0 bridgehead atoms. The molecule has 7 heteroatoms. The minimum atomic E-state index is 0.0329. The van der Waals surface area contributed by atoms with E-state index in [2.05, 4.69) is 15.3 Å². The number of aromatic nitrogens is 2. The van der Waals surface area contributed by atoms with Gasteiger partial charge >= 0.3 is 6.03 Å². The Morgan fingerprint density at radius 3 is 2.76 bits per heavy atom. The van der Waals surface area contributed by atoms with Crippen molar-refractivity contribution < 1.29 is 9.90 Å². The first-order valence-electron chi connectivity index (χ1n) is 9.44. The Labute approximate surface area is 150 Å². The van der Waals surface area contributed by atoms with Crippen molar-refractivity contribution in [3.8, 4) is 0 Å². The normalized spacial score (nSPS) is 27.2. The Bertz CT molecular complexity index is 568. The first kappa shape index (κ1) is 18.0. The molecule has 1 atom stereocenters. The second-order valence-corrected chi connectivity index (χ2v) is 7.57. The van der Waals surface area contributed by atoms with Gasteiger partial charge in [-0.3, -0.25) is 4.68 Å². The Kier molecular flexibility index (Phi) is 5.83. The zero-order valence-corrected chi connectivity index (χ0v) is 15.4. The molecule has 2 aliphatic rings. The lowest BCUT2D eigenvalue weighted by molar-refractivity contribution is 0.132. The van der Waals surface area contributed by atoms with Crippen LogP contribution in [0.15, 0.2) is 12.4 Å². The SMILES string of the molecule is CN(C(=O)NC1CCCN(c2cnn(C)c2)C1)C1CCC(CO)CC1. The molecule has 7 nitrogen and oxygen atoms in total. The number of aliphatic hydroxyl groups is 1. The molecule has 2 amide bonds. The summed E-state index contributed by atoms with van der Waals surface area (Å²) >= 11 is 0. The summed E-state index contributed by atoms with van der Waals surface area (Å²) in [6.07, 6.45) is 10.0. The largest absolute Gasteiger partial charge is 0.396 e. The summed E-state index contributed by atoms with van der Waals surface area (Å²) < 4.78 is 1.81. The minimum Gasteiger partial charge on any atom is -0.396 e. The summed E-state index contributed by atoms with van der Waals surface area (Å²) in [5.74, 6) is 0.416. The summed E-state index contributed by atoms with van der Waals surface area (Å²) in [4.78, 5) is 16.8. The van der Waals surface area contributed by atoms with E-state index in [-0.39, 0.29) is 18.7 Å². The van der Waals surface area contributed by atoms with Gasteiger partial charge in [-0.05, 0) is 44.4 Å². The maximum Gasteiger partial charge on any atom is 0.317 e. The summed E-state index contributed by atoms with van der Waals surface area (Å²) in [5, 5.41) is 16.7. The monoisotopic (exact) mass is 349 g/mol. The van der Waals surface area contributed by atoms with Gasteiger partial charge in [-0.2, -0.15) is 5.10 Å². The van der Waals surface area contributed by atoms with E-state index in [9.17, 15) is 9.90 Å². The van der Waals surface area contributed by atoms with Gasteiger partial charge in [-0.25, -0.2) is 4.79 Å². The van der Waals surface area contributed by atoms with E-state index in [0.29, 0.717) is 12.0 Å². The maximum atomic E-state index is 12.6. The quantitative estimate of drug-likeness (QED) is 0.866. The fraction of sp³-hybridized carbons (Fsp3) is 0.778. The molecule has 1 unspecified atom stereocenters. The van der Waals surface area contributed by atoms with Gasteiger partial charge in [-0.15, -0.1) is 0 Å². The molecule has 2 N–H and O–H groups in total. The second kappa shape index (κ2) is 8.08. The lowest BCUT2D eigenvalue weighted by Crippen LogP contribution is -2.53.